The first kappa shape index (κ1) is 12.8. The Balaban J connectivity index is 3.11. The lowest BCUT2D eigenvalue weighted by Gasteiger charge is -2.06. The molecule has 1 aromatic rings. The summed E-state index contributed by atoms with van der Waals surface area (Å²) in [5, 5.41) is 17.0. The Morgan fingerprint density at radius 3 is 2.06 bits per heavy atom. The van der Waals surface area contributed by atoms with Gasteiger partial charge in [-0.25, -0.2) is 0 Å². The molecule has 0 fully saturated rings. The van der Waals surface area contributed by atoms with Crippen LogP contribution in [0.3, 0.4) is 0 Å². The van der Waals surface area contributed by atoms with Gasteiger partial charge in [0, 0.05) is 5.56 Å². The summed E-state index contributed by atoms with van der Waals surface area (Å²) >= 11 is 0. The van der Waals surface area contributed by atoms with Crippen molar-refractivity contribution in [2.45, 2.75) is 13.8 Å². The van der Waals surface area contributed by atoms with Gasteiger partial charge in [-0.3, -0.25) is 15.0 Å². The van der Waals surface area contributed by atoms with Crippen LogP contribution in [0.1, 0.15) is 24.2 Å². The van der Waals surface area contributed by atoms with Crippen LogP contribution in [0.15, 0.2) is 41.7 Å². The molecule has 0 saturated carbocycles. The maximum atomic E-state index is 11.9. The second-order valence-corrected chi connectivity index (χ2v) is 3.59. The van der Waals surface area contributed by atoms with E-state index >= 15 is 0 Å². The predicted molar refractivity (Wildman–Crippen MR) is 64.5 cm³/mol. The lowest BCUT2D eigenvalue weighted by Crippen LogP contribution is -2.21. The Hall–Kier alpha value is -2.23. The van der Waals surface area contributed by atoms with Gasteiger partial charge in [-0.05, 0) is 13.8 Å². The third-order valence-corrected chi connectivity index (χ3v) is 2.23. The van der Waals surface area contributed by atoms with Crippen molar-refractivity contribution in [3.63, 3.8) is 0 Å². The quantitative estimate of drug-likeness (QED) is 0.361. The maximum Gasteiger partial charge on any atom is 0.211 e. The molecule has 88 valence electrons. The molecule has 0 bridgehead atoms. The fourth-order valence-electron chi connectivity index (χ4n) is 1.46. The number of aliphatic hydroxyl groups is 1. The Labute approximate surface area is 99.1 Å². The summed E-state index contributed by atoms with van der Waals surface area (Å²) in [6.45, 7) is 2.49. The minimum atomic E-state index is -0.579. The third kappa shape index (κ3) is 2.87. The van der Waals surface area contributed by atoms with E-state index in [9.17, 15) is 14.7 Å². The number of nitrogens with one attached hydrogen (secondary N) is 1. The minimum Gasteiger partial charge on any atom is -0.512 e. The lowest BCUT2D eigenvalue weighted by atomic mass is 9.98. The monoisotopic (exact) mass is 231 g/mol. The van der Waals surface area contributed by atoms with Crippen LogP contribution < -0.4 is 0 Å². The Morgan fingerprint density at radius 1 is 1.12 bits per heavy atom. The first-order valence-electron chi connectivity index (χ1n) is 5.04. The average Bonchev–Trinajstić information content (AvgIpc) is 2.28. The normalized spacial score (nSPS) is 11.6. The van der Waals surface area contributed by atoms with Gasteiger partial charge < -0.3 is 5.11 Å². The van der Waals surface area contributed by atoms with Crippen molar-refractivity contribution < 1.29 is 14.7 Å². The van der Waals surface area contributed by atoms with Crippen LogP contribution in [0.25, 0.3) is 0 Å². The number of ketones is 2. The maximum absolute atomic E-state index is 11.9. The van der Waals surface area contributed by atoms with Crippen LogP contribution in [0.5, 0.6) is 0 Å². The van der Waals surface area contributed by atoms with Gasteiger partial charge in [-0.2, -0.15) is 0 Å². The molecule has 0 radical (unpaired) electrons. The molecule has 0 aliphatic heterocycles. The molecule has 0 unspecified atom stereocenters. The van der Waals surface area contributed by atoms with Crippen LogP contribution in [0, 0.1) is 5.41 Å². The molecule has 4 nitrogen and oxygen atoms in total. The Bertz CT molecular complexity index is 497. The van der Waals surface area contributed by atoms with Gasteiger partial charge in [0.1, 0.15) is 11.5 Å². The van der Waals surface area contributed by atoms with E-state index in [2.05, 4.69) is 0 Å². The molecule has 0 atom stereocenters. The van der Waals surface area contributed by atoms with Gasteiger partial charge in [0.15, 0.2) is 5.78 Å². The Morgan fingerprint density at radius 2 is 1.65 bits per heavy atom. The number of benzene rings is 1. The standard InChI is InChI=1S/C13H13NO3/c1-8(15)11(9(2)16)12(14)13(17)10-6-4-3-5-7-10/h3-7,14-15H,1-2H3. The van der Waals surface area contributed by atoms with E-state index in [0.717, 1.165) is 0 Å². The summed E-state index contributed by atoms with van der Waals surface area (Å²) in [5.41, 5.74) is -0.403. The fourth-order valence-corrected chi connectivity index (χ4v) is 1.46. The molecule has 0 aromatic heterocycles. The number of carbonyl (C=O) groups excluding carboxylic acids is 2. The zero-order valence-electron chi connectivity index (χ0n) is 9.65. The number of hydrogen-bond donors (Lipinski definition) is 2. The Kier molecular flexibility index (Phi) is 3.93. The van der Waals surface area contributed by atoms with E-state index in [1.165, 1.54) is 13.8 Å². The first-order valence-corrected chi connectivity index (χ1v) is 5.04. The summed E-state index contributed by atoms with van der Waals surface area (Å²) in [6, 6.07) is 8.20. The molecule has 1 rings (SSSR count). The van der Waals surface area contributed by atoms with Gasteiger partial charge in [0.05, 0.1) is 5.57 Å². The molecule has 4 heteroatoms. The zero-order chi connectivity index (χ0) is 13.0. The summed E-state index contributed by atoms with van der Waals surface area (Å²) in [5.74, 6) is -1.39. The summed E-state index contributed by atoms with van der Waals surface area (Å²) < 4.78 is 0. The molecule has 0 saturated heterocycles. The van der Waals surface area contributed by atoms with Crippen molar-refractivity contribution in [1.29, 1.82) is 5.41 Å². The largest absolute Gasteiger partial charge is 0.512 e. The van der Waals surface area contributed by atoms with Crippen LogP contribution in [0.2, 0.25) is 0 Å². The smallest absolute Gasteiger partial charge is 0.211 e. The summed E-state index contributed by atoms with van der Waals surface area (Å²) in [4.78, 5) is 23.1. The average molecular weight is 231 g/mol. The summed E-state index contributed by atoms with van der Waals surface area (Å²) in [6.07, 6.45) is 0. The molecular weight excluding hydrogens is 218 g/mol. The number of rotatable bonds is 4. The van der Waals surface area contributed by atoms with Crippen LogP contribution in [0.4, 0.5) is 0 Å². The molecular formula is C13H13NO3. The molecule has 0 aliphatic rings. The molecule has 1 aromatic carbocycles. The molecule has 17 heavy (non-hydrogen) atoms. The van der Waals surface area contributed by atoms with Crippen LogP contribution in [-0.2, 0) is 4.79 Å². The highest BCUT2D eigenvalue weighted by molar-refractivity contribution is 6.55. The second kappa shape index (κ2) is 5.21. The van der Waals surface area contributed by atoms with Crippen molar-refractivity contribution >= 4 is 17.3 Å². The van der Waals surface area contributed by atoms with Crippen molar-refractivity contribution in [3.8, 4) is 0 Å². The number of hydrogen-bond acceptors (Lipinski definition) is 4. The molecule has 0 aliphatic carbocycles. The number of allylic oxidation sites excluding steroid dienone is 2. The van der Waals surface area contributed by atoms with E-state index < -0.39 is 17.3 Å². The molecule has 2 N–H and O–H groups in total. The first-order chi connectivity index (χ1) is 7.95. The minimum absolute atomic E-state index is 0.237. The molecule has 0 spiro atoms. The second-order valence-electron chi connectivity index (χ2n) is 3.59. The van der Waals surface area contributed by atoms with Crippen molar-refractivity contribution in [2.24, 2.45) is 0 Å². The van der Waals surface area contributed by atoms with Crippen molar-refractivity contribution in [3.05, 3.63) is 47.2 Å². The highest BCUT2D eigenvalue weighted by Crippen LogP contribution is 2.10. The topological polar surface area (TPSA) is 78.2 Å². The van der Waals surface area contributed by atoms with E-state index in [0.29, 0.717) is 5.56 Å². The SMILES string of the molecule is CC(=O)C(C(=N)C(=O)c1ccccc1)=C(C)O. The van der Waals surface area contributed by atoms with Crippen molar-refractivity contribution in [2.75, 3.05) is 0 Å². The van der Waals surface area contributed by atoms with Crippen LogP contribution in [-0.4, -0.2) is 22.4 Å². The predicted octanol–water partition coefficient (Wildman–Crippen LogP) is 2.31. The van der Waals surface area contributed by atoms with Crippen LogP contribution >= 0.6 is 0 Å². The van der Waals surface area contributed by atoms with Crippen molar-refractivity contribution in [1.82, 2.24) is 0 Å². The highest BCUT2D eigenvalue weighted by atomic mass is 16.3. The summed E-state index contributed by atoms with van der Waals surface area (Å²) in [7, 11) is 0. The van der Waals surface area contributed by atoms with E-state index in [1.54, 1.807) is 30.3 Å². The zero-order valence-corrected chi connectivity index (χ0v) is 9.65. The van der Waals surface area contributed by atoms with E-state index in [4.69, 9.17) is 5.41 Å². The van der Waals surface area contributed by atoms with E-state index in [-0.39, 0.29) is 11.3 Å². The highest BCUT2D eigenvalue weighted by Gasteiger charge is 2.21. The van der Waals surface area contributed by atoms with Gasteiger partial charge in [-0.1, -0.05) is 30.3 Å². The third-order valence-electron chi connectivity index (χ3n) is 2.23. The number of aliphatic hydroxyl groups excluding tert-OH is 1. The van der Waals surface area contributed by atoms with Gasteiger partial charge in [-0.15, -0.1) is 0 Å². The van der Waals surface area contributed by atoms with Gasteiger partial charge in [0.25, 0.3) is 0 Å². The van der Waals surface area contributed by atoms with E-state index in [1.807, 2.05) is 0 Å². The molecule has 0 heterocycles. The number of carbonyl (C=O) groups is 2. The number of Topliss-reactive ketones (excluding diaryl/α,β-unsaturated/α-hetero) is 2. The van der Waals surface area contributed by atoms with Gasteiger partial charge >= 0.3 is 0 Å². The lowest BCUT2D eigenvalue weighted by molar-refractivity contribution is -0.113. The molecule has 0 amide bonds. The van der Waals surface area contributed by atoms with Gasteiger partial charge in [0.2, 0.25) is 5.78 Å². The fraction of sp³-hybridized carbons (Fsp3) is 0.154.